The Labute approximate surface area is 237 Å². The van der Waals surface area contributed by atoms with Crippen molar-refractivity contribution in [1.82, 2.24) is 0 Å². The van der Waals surface area contributed by atoms with Crippen LogP contribution in [0, 0.1) is 5.92 Å². The van der Waals surface area contributed by atoms with Crippen molar-refractivity contribution in [3.63, 3.8) is 0 Å². The zero-order chi connectivity index (χ0) is 27.7. The topological polar surface area (TPSA) is 60.4 Å². The largest absolute Gasteiger partial charge is 0.508 e. The maximum absolute atomic E-state index is 10.2. The molecule has 0 saturated carbocycles. The second-order valence-electron chi connectivity index (χ2n) is 11.6. The molecule has 0 aromatic heterocycles. The normalized spacial score (nSPS) is 23.9. The number of rotatable bonds is 7. The predicted octanol–water partition coefficient (Wildman–Crippen LogP) is 6.26. The van der Waals surface area contributed by atoms with Gasteiger partial charge in [0.05, 0.1) is 19.3 Å². The van der Waals surface area contributed by atoms with E-state index in [-0.39, 0.29) is 23.7 Å². The number of hydrogen-bond acceptors (Lipinski definition) is 6. The van der Waals surface area contributed by atoms with Gasteiger partial charge in [-0.2, -0.15) is 0 Å². The van der Waals surface area contributed by atoms with Crippen molar-refractivity contribution in [3.8, 4) is 11.5 Å². The molecule has 1 aliphatic carbocycles. The summed E-state index contributed by atoms with van der Waals surface area (Å²) in [5, 5.41) is 10.2. The smallest absolute Gasteiger partial charge is 0.161 e. The average Bonchev–Trinajstić information content (AvgIpc) is 3.40. The van der Waals surface area contributed by atoms with Gasteiger partial charge in [-0.3, -0.25) is 0 Å². The van der Waals surface area contributed by atoms with Gasteiger partial charge in [0.15, 0.2) is 6.29 Å². The van der Waals surface area contributed by atoms with Gasteiger partial charge in [-0.15, -0.1) is 0 Å². The van der Waals surface area contributed by atoms with Crippen LogP contribution >= 0.6 is 0 Å². The first-order chi connectivity index (χ1) is 19.5. The number of nitrogens with zero attached hydrogens (tertiary/aromatic N) is 1. The number of fused-ring (bicyclic) bond motifs is 1. The van der Waals surface area contributed by atoms with Crippen LogP contribution in [0.3, 0.4) is 0 Å². The fraction of sp³-hybridized carbons (Fsp3) is 0.471. The fourth-order valence-corrected chi connectivity index (χ4v) is 7.46. The summed E-state index contributed by atoms with van der Waals surface area (Å²) in [6, 6.07) is 23.4. The molecule has 3 unspecified atom stereocenters. The number of piperidine rings is 1. The number of benzene rings is 3. The molecular weight excluding hydrogens is 502 g/mol. The van der Waals surface area contributed by atoms with E-state index < -0.39 is 0 Å². The monoisotopic (exact) mass is 543 g/mol. The Balaban J connectivity index is 1.26. The zero-order valence-electron chi connectivity index (χ0n) is 23.8. The second-order valence-corrected chi connectivity index (χ2v) is 11.6. The average molecular weight is 544 g/mol. The lowest BCUT2D eigenvalue weighted by atomic mass is 9.69. The van der Waals surface area contributed by atoms with E-state index in [1.54, 1.807) is 21.3 Å². The molecule has 0 radical (unpaired) electrons. The molecule has 1 spiro atoms. The van der Waals surface area contributed by atoms with Crippen LogP contribution < -0.4 is 9.64 Å². The SMILES string of the molecule is COc1cc(N2CCC3(CC2)CC(C(OC)OC)CO3)ccc1C1c2ccc(O)cc2CCC1c1ccccc1. The molecule has 3 aromatic rings. The molecule has 0 bridgehead atoms. The first-order valence-corrected chi connectivity index (χ1v) is 14.5. The molecule has 3 atom stereocenters. The number of aromatic hydroxyl groups is 1. The number of methoxy groups -OCH3 is 3. The molecule has 1 N–H and O–H groups in total. The minimum atomic E-state index is -0.206. The number of aryl methyl sites for hydroxylation is 1. The highest BCUT2D eigenvalue weighted by Crippen LogP contribution is 2.50. The molecular formula is C34H41NO5. The summed E-state index contributed by atoms with van der Waals surface area (Å²) < 4.78 is 23.5. The van der Waals surface area contributed by atoms with Crippen LogP contribution in [-0.4, -0.2) is 58.0 Å². The standard InChI is InChI=1S/C34H41NO5/c1-37-31-20-26(35-17-15-34(16-18-35)21-25(22-40-34)33(38-2)39-3)10-13-30(31)32-28(23-7-5-4-6-8-23)12-9-24-19-27(36)11-14-29(24)32/h4-8,10-11,13-14,19-20,25,28,32-33,36H,9,12,15-18,21-22H2,1-3H3. The molecule has 6 heteroatoms. The van der Waals surface area contributed by atoms with Gasteiger partial charge in [-0.05, 0) is 72.9 Å². The Morgan fingerprint density at radius 2 is 1.68 bits per heavy atom. The molecule has 3 aromatic carbocycles. The molecule has 40 heavy (non-hydrogen) atoms. The highest BCUT2D eigenvalue weighted by molar-refractivity contribution is 5.58. The van der Waals surface area contributed by atoms with E-state index in [1.165, 1.54) is 27.9 Å². The summed E-state index contributed by atoms with van der Waals surface area (Å²) in [6.07, 6.45) is 4.73. The van der Waals surface area contributed by atoms with E-state index >= 15 is 0 Å². The summed E-state index contributed by atoms with van der Waals surface area (Å²) >= 11 is 0. The van der Waals surface area contributed by atoms with Crippen molar-refractivity contribution >= 4 is 5.69 Å². The molecule has 212 valence electrons. The highest BCUT2D eigenvalue weighted by Gasteiger charge is 2.45. The van der Waals surface area contributed by atoms with Crippen LogP contribution in [0.5, 0.6) is 11.5 Å². The molecule has 3 aliphatic rings. The molecule has 0 amide bonds. The lowest BCUT2D eigenvalue weighted by Crippen LogP contribution is -2.44. The van der Waals surface area contributed by atoms with E-state index in [0.717, 1.165) is 50.9 Å². The summed E-state index contributed by atoms with van der Waals surface area (Å²) in [6.45, 7) is 2.58. The van der Waals surface area contributed by atoms with Gasteiger partial charge in [-0.1, -0.05) is 42.5 Å². The van der Waals surface area contributed by atoms with Gasteiger partial charge in [0.25, 0.3) is 0 Å². The Hall–Kier alpha value is -3.06. The van der Waals surface area contributed by atoms with Gasteiger partial charge in [-0.25, -0.2) is 0 Å². The Kier molecular flexibility index (Phi) is 7.76. The van der Waals surface area contributed by atoms with Crippen LogP contribution in [0.25, 0.3) is 0 Å². The quantitative estimate of drug-likeness (QED) is 0.355. The maximum atomic E-state index is 10.2. The van der Waals surface area contributed by atoms with Crippen LogP contribution in [0.1, 0.15) is 59.8 Å². The van der Waals surface area contributed by atoms with Gasteiger partial charge in [0.2, 0.25) is 0 Å². The number of hydrogen-bond donors (Lipinski definition) is 1. The van der Waals surface area contributed by atoms with E-state index in [9.17, 15) is 5.11 Å². The summed E-state index contributed by atoms with van der Waals surface area (Å²) in [5.41, 5.74) is 6.16. The van der Waals surface area contributed by atoms with E-state index in [1.807, 2.05) is 12.1 Å². The second kappa shape index (κ2) is 11.4. The third-order valence-electron chi connectivity index (χ3n) is 9.50. The van der Waals surface area contributed by atoms with Crippen molar-refractivity contribution in [2.75, 3.05) is 45.9 Å². The zero-order valence-corrected chi connectivity index (χ0v) is 23.8. The number of phenols is 1. The van der Waals surface area contributed by atoms with Crippen molar-refractivity contribution in [3.05, 3.63) is 89.0 Å². The molecule has 6 nitrogen and oxygen atoms in total. The van der Waals surface area contributed by atoms with Gasteiger partial charge in [0, 0.05) is 56.5 Å². The minimum Gasteiger partial charge on any atom is -0.508 e. The molecule has 2 heterocycles. The van der Waals surface area contributed by atoms with E-state index in [4.69, 9.17) is 18.9 Å². The van der Waals surface area contributed by atoms with Crippen molar-refractivity contribution < 1.29 is 24.1 Å². The molecule has 2 saturated heterocycles. The molecule has 6 rings (SSSR count). The van der Waals surface area contributed by atoms with Crippen molar-refractivity contribution in [2.24, 2.45) is 5.92 Å². The fourth-order valence-electron chi connectivity index (χ4n) is 7.46. The van der Waals surface area contributed by atoms with Crippen molar-refractivity contribution in [1.29, 1.82) is 0 Å². The predicted molar refractivity (Wildman–Crippen MR) is 156 cm³/mol. The summed E-state index contributed by atoms with van der Waals surface area (Å²) in [5.74, 6) is 2.02. The van der Waals surface area contributed by atoms with Gasteiger partial charge in [0.1, 0.15) is 11.5 Å². The number of anilines is 1. The van der Waals surface area contributed by atoms with Crippen LogP contribution in [0.4, 0.5) is 5.69 Å². The van der Waals surface area contributed by atoms with Crippen molar-refractivity contribution in [2.45, 2.75) is 55.8 Å². The third-order valence-corrected chi connectivity index (χ3v) is 9.50. The van der Waals surface area contributed by atoms with Crippen LogP contribution in [0.15, 0.2) is 66.7 Å². The van der Waals surface area contributed by atoms with E-state index in [0.29, 0.717) is 18.3 Å². The van der Waals surface area contributed by atoms with Crippen LogP contribution in [-0.2, 0) is 20.6 Å². The Morgan fingerprint density at radius 1 is 0.925 bits per heavy atom. The number of phenolic OH excluding ortho intramolecular Hbond substituents is 1. The summed E-state index contributed by atoms with van der Waals surface area (Å²) in [4.78, 5) is 2.46. The molecule has 2 fully saturated rings. The number of ether oxygens (including phenoxy) is 4. The first-order valence-electron chi connectivity index (χ1n) is 14.5. The lowest BCUT2D eigenvalue weighted by Gasteiger charge is -2.40. The van der Waals surface area contributed by atoms with E-state index in [2.05, 4.69) is 59.5 Å². The maximum Gasteiger partial charge on any atom is 0.161 e. The first kappa shape index (κ1) is 27.1. The lowest BCUT2D eigenvalue weighted by molar-refractivity contribution is -0.136. The molecule has 2 aliphatic heterocycles. The Bertz CT molecular complexity index is 1300. The third kappa shape index (κ3) is 5.09. The minimum absolute atomic E-state index is 0.0826. The van der Waals surface area contributed by atoms with Gasteiger partial charge < -0.3 is 29.0 Å². The highest BCUT2D eigenvalue weighted by atomic mass is 16.7. The van der Waals surface area contributed by atoms with Gasteiger partial charge >= 0.3 is 0 Å². The Morgan fingerprint density at radius 3 is 2.40 bits per heavy atom. The summed E-state index contributed by atoms with van der Waals surface area (Å²) in [7, 11) is 5.19. The van der Waals surface area contributed by atoms with Crippen LogP contribution in [0.2, 0.25) is 0 Å².